The number of hydrogen-bond acceptors (Lipinski definition) is 6. The van der Waals surface area contributed by atoms with Gasteiger partial charge in [-0.05, 0) is 32.9 Å². The van der Waals surface area contributed by atoms with Gasteiger partial charge in [0.2, 0.25) is 6.29 Å². The Hall–Kier alpha value is -2.06. The molecule has 0 saturated heterocycles. The van der Waals surface area contributed by atoms with Crippen LogP contribution in [0.2, 0.25) is 0 Å². The lowest BCUT2D eigenvalue weighted by atomic mass is 10.1. The van der Waals surface area contributed by atoms with E-state index in [1.807, 2.05) is 0 Å². The summed E-state index contributed by atoms with van der Waals surface area (Å²) in [5.41, 5.74) is -0.776. The summed E-state index contributed by atoms with van der Waals surface area (Å²) in [5.74, 6) is -1.40. The minimum atomic E-state index is -1.56. The van der Waals surface area contributed by atoms with Crippen LogP contribution >= 0.6 is 0 Å². The van der Waals surface area contributed by atoms with Crippen molar-refractivity contribution in [2.45, 2.75) is 44.8 Å². The minimum absolute atomic E-state index is 0.338. The molecule has 0 fully saturated rings. The Balaban J connectivity index is 2.50. The Labute approximate surface area is 128 Å². The van der Waals surface area contributed by atoms with Gasteiger partial charge in [0.1, 0.15) is 11.7 Å². The van der Waals surface area contributed by atoms with Crippen LogP contribution in [0.25, 0.3) is 0 Å². The molecule has 1 aliphatic heterocycles. The van der Waals surface area contributed by atoms with Gasteiger partial charge in [-0.3, -0.25) is 0 Å². The van der Waals surface area contributed by atoms with Crippen molar-refractivity contribution >= 4 is 12.1 Å². The Kier molecular flexibility index (Phi) is 6.39. The number of carbonyl (C=O) groups is 2. The number of hydrogen-bond donors (Lipinski definition) is 3. The van der Waals surface area contributed by atoms with Crippen LogP contribution in [-0.2, 0) is 19.0 Å². The second-order valence-electron chi connectivity index (χ2n) is 5.58. The zero-order chi connectivity index (χ0) is 16.8. The molecular formula is C14H21NO7. The first kappa shape index (κ1) is 18.0. The Morgan fingerprint density at radius 1 is 1.36 bits per heavy atom. The highest BCUT2D eigenvalue weighted by Crippen LogP contribution is 2.09. The van der Waals surface area contributed by atoms with E-state index in [2.05, 4.69) is 5.32 Å². The smallest absolute Gasteiger partial charge is 0.408 e. The Bertz CT molecular complexity index is 453. The zero-order valence-corrected chi connectivity index (χ0v) is 12.7. The Morgan fingerprint density at radius 3 is 2.55 bits per heavy atom. The summed E-state index contributed by atoms with van der Waals surface area (Å²) in [7, 11) is 0. The van der Waals surface area contributed by atoms with E-state index < -0.39 is 36.1 Å². The number of carboxylic acids is 1. The number of carboxylic acid groups (broad SMARTS) is 1. The number of amides is 1. The van der Waals surface area contributed by atoms with Crippen LogP contribution in [0, 0.1) is 0 Å². The Morgan fingerprint density at radius 2 is 2.05 bits per heavy atom. The first-order valence-corrected chi connectivity index (χ1v) is 6.70. The van der Waals surface area contributed by atoms with Crippen LogP contribution < -0.4 is 5.32 Å². The molecule has 124 valence electrons. The molecule has 8 nitrogen and oxygen atoms in total. The van der Waals surface area contributed by atoms with E-state index >= 15 is 0 Å². The van der Waals surface area contributed by atoms with E-state index in [4.69, 9.17) is 19.3 Å². The fourth-order valence-corrected chi connectivity index (χ4v) is 1.51. The van der Waals surface area contributed by atoms with E-state index in [0.717, 1.165) is 0 Å². The van der Waals surface area contributed by atoms with Crippen LogP contribution in [0.4, 0.5) is 4.79 Å². The first-order chi connectivity index (χ1) is 10.2. The quantitative estimate of drug-likeness (QED) is 0.663. The summed E-state index contributed by atoms with van der Waals surface area (Å²) < 4.78 is 15.2. The average molecular weight is 315 g/mol. The lowest BCUT2D eigenvalue weighted by Crippen LogP contribution is -2.51. The van der Waals surface area contributed by atoms with Crippen molar-refractivity contribution in [3.63, 3.8) is 0 Å². The van der Waals surface area contributed by atoms with Gasteiger partial charge in [-0.2, -0.15) is 0 Å². The predicted molar refractivity (Wildman–Crippen MR) is 75.9 cm³/mol. The van der Waals surface area contributed by atoms with Crippen LogP contribution in [0.15, 0.2) is 24.5 Å². The van der Waals surface area contributed by atoms with E-state index in [0.29, 0.717) is 0 Å². The maximum absolute atomic E-state index is 11.6. The van der Waals surface area contributed by atoms with Crippen molar-refractivity contribution < 1.29 is 34.0 Å². The molecule has 0 aromatic heterocycles. The van der Waals surface area contributed by atoms with E-state index in [-0.39, 0.29) is 6.61 Å². The molecular weight excluding hydrogens is 294 g/mol. The molecule has 0 saturated carbocycles. The number of aliphatic carboxylic acids is 1. The third-order valence-corrected chi connectivity index (χ3v) is 2.42. The van der Waals surface area contributed by atoms with Gasteiger partial charge in [-0.1, -0.05) is 6.08 Å². The van der Waals surface area contributed by atoms with Crippen LogP contribution in [0.5, 0.6) is 0 Å². The number of carbonyl (C=O) groups excluding carboxylic acids is 1. The number of allylic oxidation sites excluding steroid dienone is 2. The van der Waals surface area contributed by atoms with Crippen molar-refractivity contribution in [3.8, 4) is 0 Å². The van der Waals surface area contributed by atoms with E-state index in [9.17, 15) is 14.7 Å². The highest BCUT2D eigenvalue weighted by molar-refractivity contribution is 5.80. The van der Waals surface area contributed by atoms with E-state index in [1.54, 1.807) is 39.0 Å². The number of ether oxygens (including phenoxy) is 3. The topological polar surface area (TPSA) is 114 Å². The van der Waals surface area contributed by atoms with Crippen molar-refractivity contribution in [1.29, 1.82) is 0 Å². The molecule has 0 aliphatic carbocycles. The summed E-state index contributed by atoms with van der Waals surface area (Å²) in [6.45, 7) is 4.59. The third kappa shape index (κ3) is 6.59. The summed E-state index contributed by atoms with van der Waals surface area (Å²) in [6.07, 6.45) is 3.22. The van der Waals surface area contributed by atoms with Crippen molar-refractivity contribution in [1.82, 2.24) is 5.32 Å². The van der Waals surface area contributed by atoms with Crippen LogP contribution in [0.1, 0.15) is 20.8 Å². The SMILES string of the molecule is CC(C)(C)OC(=O)NC(C(=O)O)[C@@H](O)CO[C@H]1C=CC=CO1. The fraction of sp³-hybridized carbons (Fsp3) is 0.571. The van der Waals surface area contributed by atoms with Gasteiger partial charge >= 0.3 is 12.1 Å². The van der Waals surface area contributed by atoms with Crippen molar-refractivity contribution in [3.05, 3.63) is 24.5 Å². The lowest BCUT2D eigenvalue weighted by Gasteiger charge is -2.25. The molecule has 0 aromatic rings. The monoisotopic (exact) mass is 315 g/mol. The van der Waals surface area contributed by atoms with Gasteiger partial charge in [0.15, 0.2) is 6.04 Å². The molecule has 1 heterocycles. The van der Waals surface area contributed by atoms with Crippen LogP contribution in [-0.4, -0.2) is 52.9 Å². The molecule has 3 atom stereocenters. The van der Waals surface area contributed by atoms with Crippen molar-refractivity contribution in [2.75, 3.05) is 6.61 Å². The largest absolute Gasteiger partial charge is 0.480 e. The van der Waals surface area contributed by atoms with E-state index in [1.165, 1.54) is 6.26 Å². The summed E-state index contributed by atoms with van der Waals surface area (Å²) >= 11 is 0. The lowest BCUT2D eigenvalue weighted by molar-refractivity contribution is -0.147. The normalized spacial score (nSPS) is 19.9. The highest BCUT2D eigenvalue weighted by Gasteiger charge is 2.31. The molecule has 22 heavy (non-hydrogen) atoms. The molecule has 8 heteroatoms. The van der Waals surface area contributed by atoms with Crippen LogP contribution in [0.3, 0.4) is 0 Å². The number of aliphatic hydroxyl groups excluding tert-OH is 1. The summed E-state index contributed by atoms with van der Waals surface area (Å²) in [5, 5.41) is 21.1. The predicted octanol–water partition coefficient (Wildman–Crippen LogP) is 0.768. The second-order valence-corrected chi connectivity index (χ2v) is 5.58. The minimum Gasteiger partial charge on any atom is -0.480 e. The number of aliphatic hydroxyl groups is 1. The second kappa shape index (κ2) is 7.81. The molecule has 1 aliphatic rings. The molecule has 0 spiro atoms. The number of nitrogens with one attached hydrogen (secondary N) is 1. The van der Waals surface area contributed by atoms with Gasteiger partial charge in [0, 0.05) is 0 Å². The summed E-state index contributed by atoms with van der Waals surface area (Å²) in [4.78, 5) is 22.7. The highest BCUT2D eigenvalue weighted by atomic mass is 16.7. The number of alkyl carbamates (subject to hydrolysis) is 1. The van der Waals surface area contributed by atoms with Gasteiger partial charge < -0.3 is 29.7 Å². The van der Waals surface area contributed by atoms with Gasteiger partial charge in [-0.25, -0.2) is 9.59 Å². The molecule has 0 radical (unpaired) electrons. The molecule has 1 unspecified atom stereocenters. The third-order valence-electron chi connectivity index (χ3n) is 2.42. The van der Waals surface area contributed by atoms with Gasteiger partial charge in [0.25, 0.3) is 0 Å². The van der Waals surface area contributed by atoms with Gasteiger partial charge in [-0.15, -0.1) is 0 Å². The zero-order valence-electron chi connectivity index (χ0n) is 12.7. The first-order valence-electron chi connectivity index (χ1n) is 6.70. The molecule has 1 rings (SSSR count). The molecule has 0 aromatic carbocycles. The summed E-state index contributed by atoms with van der Waals surface area (Å²) in [6, 6.07) is -1.56. The molecule has 1 amide bonds. The molecule has 3 N–H and O–H groups in total. The standard InChI is InChI=1S/C14H21NO7/c1-14(2,3)22-13(19)15-11(12(17)18)9(16)8-21-10-6-4-5-7-20-10/h4-7,9-11,16H,8H2,1-3H3,(H,15,19)(H,17,18)/t9-,10-,11?/m0/s1. The molecule has 0 bridgehead atoms. The van der Waals surface area contributed by atoms with Gasteiger partial charge in [0.05, 0.1) is 12.9 Å². The maximum Gasteiger partial charge on any atom is 0.408 e. The average Bonchev–Trinajstić information content (AvgIpc) is 2.41. The van der Waals surface area contributed by atoms with Crippen molar-refractivity contribution in [2.24, 2.45) is 0 Å². The maximum atomic E-state index is 11.6. The number of rotatable bonds is 6. The fourth-order valence-electron chi connectivity index (χ4n) is 1.51.